The number of ether oxygens (including phenoxy) is 2. The van der Waals surface area contributed by atoms with Gasteiger partial charge in [0.15, 0.2) is 0 Å². The van der Waals surface area contributed by atoms with Gasteiger partial charge in [-0.15, -0.1) is 0 Å². The molecule has 1 aliphatic heterocycles. The number of esters is 1. The molecule has 1 heterocycles. The number of carboxylic acid groups (broad SMARTS) is 1. The van der Waals surface area contributed by atoms with Gasteiger partial charge in [-0.3, -0.25) is 0 Å². The third-order valence-corrected chi connectivity index (χ3v) is 2.94. The molecule has 1 N–H and O–H groups in total. The molecule has 88 valence electrons. The monoisotopic (exact) mass is 226 g/mol. The van der Waals surface area contributed by atoms with Gasteiger partial charge in [-0.25, -0.2) is 9.59 Å². The van der Waals surface area contributed by atoms with Crippen LogP contribution in [-0.2, 0) is 19.1 Å². The van der Waals surface area contributed by atoms with Gasteiger partial charge in [0.05, 0.1) is 18.8 Å². The molecule has 5 heteroatoms. The number of aliphatic carboxylic acids is 1. The number of epoxide rings is 1. The van der Waals surface area contributed by atoms with Gasteiger partial charge in [-0.1, -0.05) is 0 Å². The van der Waals surface area contributed by atoms with E-state index in [-0.39, 0.29) is 0 Å². The number of hydrogen-bond acceptors (Lipinski definition) is 4. The van der Waals surface area contributed by atoms with Crippen LogP contribution in [-0.4, -0.2) is 35.9 Å². The van der Waals surface area contributed by atoms with Crippen LogP contribution >= 0.6 is 0 Å². The van der Waals surface area contributed by atoms with Crippen LogP contribution in [0.1, 0.15) is 19.3 Å². The van der Waals surface area contributed by atoms with Gasteiger partial charge in [-0.2, -0.15) is 0 Å². The van der Waals surface area contributed by atoms with E-state index in [1.165, 1.54) is 0 Å². The lowest BCUT2D eigenvalue weighted by atomic mass is 9.90. The lowest BCUT2D eigenvalue weighted by Gasteiger charge is -2.17. The first-order valence-electron chi connectivity index (χ1n) is 5.38. The Bertz CT molecular complexity index is 322. The van der Waals surface area contributed by atoms with Gasteiger partial charge in [-0.05, 0) is 25.2 Å². The van der Waals surface area contributed by atoms with Gasteiger partial charge in [0.1, 0.15) is 0 Å². The van der Waals surface area contributed by atoms with Crippen molar-refractivity contribution in [2.24, 2.45) is 5.92 Å². The normalized spacial score (nSPS) is 32.1. The molecule has 0 amide bonds. The van der Waals surface area contributed by atoms with E-state index in [4.69, 9.17) is 14.6 Å². The Morgan fingerprint density at radius 1 is 1.31 bits per heavy atom. The van der Waals surface area contributed by atoms with Crippen molar-refractivity contribution in [3.8, 4) is 0 Å². The summed E-state index contributed by atoms with van der Waals surface area (Å²) >= 11 is 0. The molecule has 2 rings (SSSR count). The summed E-state index contributed by atoms with van der Waals surface area (Å²) in [6.45, 7) is 0.357. The summed E-state index contributed by atoms with van der Waals surface area (Å²) < 4.78 is 10.3. The smallest absolute Gasteiger partial charge is 0.331 e. The molecule has 3 atom stereocenters. The predicted molar refractivity (Wildman–Crippen MR) is 53.7 cm³/mol. The molecule has 3 unspecified atom stereocenters. The van der Waals surface area contributed by atoms with Crippen LogP contribution in [0.25, 0.3) is 0 Å². The maximum Gasteiger partial charge on any atom is 0.331 e. The zero-order chi connectivity index (χ0) is 11.5. The zero-order valence-corrected chi connectivity index (χ0v) is 8.80. The second-order valence-corrected chi connectivity index (χ2v) is 4.19. The van der Waals surface area contributed by atoms with Gasteiger partial charge in [0, 0.05) is 12.2 Å². The molecule has 16 heavy (non-hydrogen) atoms. The van der Waals surface area contributed by atoms with E-state index >= 15 is 0 Å². The van der Waals surface area contributed by atoms with Crippen molar-refractivity contribution in [3.63, 3.8) is 0 Å². The van der Waals surface area contributed by atoms with E-state index in [0.717, 1.165) is 31.4 Å². The van der Waals surface area contributed by atoms with E-state index in [1.54, 1.807) is 0 Å². The van der Waals surface area contributed by atoms with Crippen molar-refractivity contribution in [2.75, 3.05) is 6.61 Å². The molecule has 0 aromatic heterocycles. The Balaban J connectivity index is 1.66. The Kier molecular flexibility index (Phi) is 3.24. The number of carboxylic acids is 1. The Morgan fingerprint density at radius 2 is 2.12 bits per heavy atom. The summed E-state index contributed by atoms with van der Waals surface area (Å²) in [5.74, 6) is -1.39. The van der Waals surface area contributed by atoms with Crippen LogP contribution in [0.5, 0.6) is 0 Å². The highest BCUT2D eigenvalue weighted by Gasteiger charge is 2.43. The Morgan fingerprint density at radius 3 is 2.81 bits per heavy atom. The fraction of sp³-hybridized carbons (Fsp3) is 0.636. The van der Waals surface area contributed by atoms with Crippen molar-refractivity contribution in [1.82, 2.24) is 0 Å². The van der Waals surface area contributed by atoms with Crippen molar-refractivity contribution in [2.45, 2.75) is 31.5 Å². The molecule has 1 aliphatic carbocycles. The minimum atomic E-state index is -1.15. The second-order valence-electron chi connectivity index (χ2n) is 4.19. The molecular weight excluding hydrogens is 212 g/mol. The summed E-state index contributed by atoms with van der Waals surface area (Å²) in [6, 6.07) is 0. The minimum absolute atomic E-state index is 0.353. The molecule has 5 nitrogen and oxygen atoms in total. The molecule has 0 aromatic rings. The van der Waals surface area contributed by atoms with Crippen molar-refractivity contribution < 1.29 is 24.2 Å². The minimum Gasteiger partial charge on any atom is -0.478 e. The fourth-order valence-corrected chi connectivity index (χ4v) is 2.03. The highest BCUT2D eigenvalue weighted by Crippen LogP contribution is 2.39. The SMILES string of the molecule is O=C(O)/C=C\C(=O)OCC1CCC2OC2C1. The predicted octanol–water partition coefficient (Wildman–Crippen LogP) is 0.738. The van der Waals surface area contributed by atoms with Gasteiger partial charge in [0.25, 0.3) is 0 Å². The topological polar surface area (TPSA) is 76.1 Å². The highest BCUT2D eigenvalue weighted by atomic mass is 16.6. The van der Waals surface area contributed by atoms with E-state index in [0.29, 0.717) is 24.7 Å². The lowest BCUT2D eigenvalue weighted by molar-refractivity contribution is -0.140. The number of rotatable bonds is 4. The number of hydrogen-bond donors (Lipinski definition) is 1. The lowest BCUT2D eigenvalue weighted by Crippen LogP contribution is -2.19. The van der Waals surface area contributed by atoms with Gasteiger partial charge >= 0.3 is 11.9 Å². The van der Waals surface area contributed by atoms with Crippen LogP contribution in [0.4, 0.5) is 0 Å². The van der Waals surface area contributed by atoms with E-state index in [1.807, 2.05) is 0 Å². The third kappa shape index (κ3) is 3.06. The van der Waals surface area contributed by atoms with Crippen molar-refractivity contribution in [3.05, 3.63) is 12.2 Å². The summed E-state index contributed by atoms with van der Waals surface area (Å²) in [5.41, 5.74) is 0. The highest BCUT2D eigenvalue weighted by molar-refractivity contribution is 5.90. The van der Waals surface area contributed by atoms with Crippen LogP contribution < -0.4 is 0 Å². The zero-order valence-electron chi connectivity index (χ0n) is 8.80. The molecule has 0 aromatic carbocycles. The Labute approximate surface area is 93.0 Å². The van der Waals surface area contributed by atoms with Crippen LogP contribution in [0, 0.1) is 5.92 Å². The standard InChI is InChI=1S/C11H14O5/c12-10(13)3-4-11(14)15-6-7-1-2-8-9(5-7)16-8/h3-4,7-9H,1-2,5-6H2,(H,12,13)/b4-3-. The third-order valence-electron chi connectivity index (χ3n) is 2.94. The fourth-order valence-electron chi connectivity index (χ4n) is 2.03. The summed E-state index contributed by atoms with van der Waals surface area (Å²) in [6.07, 6.45) is 5.52. The summed E-state index contributed by atoms with van der Waals surface area (Å²) in [4.78, 5) is 21.2. The van der Waals surface area contributed by atoms with Crippen LogP contribution in [0.3, 0.4) is 0 Å². The Hall–Kier alpha value is -1.36. The summed E-state index contributed by atoms with van der Waals surface area (Å²) in [5, 5.41) is 8.31. The van der Waals surface area contributed by atoms with Gasteiger partial charge < -0.3 is 14.6 Å². The molecule has 0 bridgehead atoms. The second kappa shape index (κ2) is 4.65. The van der Waals surface area contributed by atoms with E-state index < -0.39 is 11.9 Å². The maximum absolute atomic E-state index is 11.1. The van der Waals surface area contributed by atoms with E-state index in [2.05, 4.69) is 0 Å². The number of carbonyl (C=O) groups excluding carboxylic acids is 1. The summed E-state index contributed by atoms with van der Waals surface area (Å²) in [7, 11) is 0. The van der Waals surface area contributed by atoms with Crippen molar-refractivity contribution in [1.29, 1.82) is 0 Å². The maximum atomic E-state index is 11.1. The number of fused-ring (bicyclic) bond motifs is 1. The van der Waals surface area contributed by atoms with E-state index in [9.17, 15) is 9.59 Å². The molecule has 1 saturated carbocycles. The van der Waals surface area contributed by atoms with Gasteiger partial charge in [0.2, 0.25) is 0 Å². The average molecular weight is 226 g/mol. The molecule has 1 saturated heterocycles. The van der Waals surface area contributed by atoms with Crippen LogP contribution in [0.2, 0.25) is 0 Å². The molecule has 0 spiro atoms. The van der Waals surface area contributed by atoms with Crippen molar-refractivity contribution >= 4 is 11.9 Å². The molecule has 2 fully saturated rings. The molecule has 0 radical (unpaired) electrons. The molecular formula is C11H14O5. The largest absolute Gasteiger partial charge is 0.478 e. The first-order chi connectivity index (χ1) is 7.65. The first kappa shape index (κ1) is 11.1. The first-order valence-corrected chi connectivity index (χ1v) is 5.38. The average Bonchev–Trinajstić information content (AvgIpc) is 3.01. The number of carbonyl (C=O) groups is 2. The van der Waals surface area contributed by atoms with Crippen LogP contribution in [0.15, 0.2) is 12.2 Å². The molecule has 2 aliphatic rings. The quantitative estimate of drug-likeness (QED) is 0.434.